The maximum atomic E-state index is 11.0. The van der Waals surface area contributed by atoms with Gasteiger partial charge in [0.25, 0.3) is 0 Å². The van der Waals surface area contributed by atoms with Crippen molar-refractivity contribution in [3.05, 3.63) is 27.8 Å². The number of carbonyl (C=O) groups is 1. The maximum absolute atomic E-state index is 11.0. The highest BCUT2D eigenvalue weighted by Crippen LogP contribution is 2.28. The van der Waals surface area contributed by atoms with Crippen LogP contribution in [0.2, 0.25) is 0 Å². The predicted molar refractivity (Wildman–Crippen MR) is 61.4 cm³/mol. The summed E-state index contributed by atoms with van der Waals surface area (Å²) in [6, 6.07) is 3.43. The molecule has 0 radical (unpaired) electrons. The number of aromatic nitrogens is 2. The third kappa shape index (κ3) is 1.82. The molecule has 0 unspecified atom stereocenters. The number of halogens is 1. The van der Waals surface area contributed by atoms with E-state index in [0.717, 1.165) is 9.44 Å². The Hall–Kier alpha value is -1.14. The Morgan fingerprint density at radius 3 is 2.87 bits per heavy atom. The van der Waals surface area contributed by atoms with Crippen LogP contribution in [0.3, 0.4) is 0 Å². The van der Waals surface area contributed by atoms with Crippen LogP contribution in [0, 0.1) is 6.92 Å². The number of hydrogen-bond donors (Lipinski definition) is 1. The van der Waals surface area contributed by atoms with Crippen LogP contribution < -0.4 is 0 Å². The zero-order chi connectivity index (χ0) is 11.0. The second-order valence-electron chi connectivity index (χ2n) is 2.94. The lowest BCUT2D eigenvalue weighted by atomic mass is 10.4. The molecule has 0 aliphatic carbocycles. The molecule has 0 aliphatic heterocycles. The van der Waals surface area contributed by atoms with Crippen molar-refractivity contribution in [1.29, 1.82) is 0 Å². The summed E-state index contributed by atoms with van der Waals surface area (Å²) in [6.07, 6.45) is 0.710. The van der Waals surface area contributed by atoms with Gasteiger partial charge < -0.3 is 5.11 Å². The summed E-state index contributed by atoms with van der Waals surface area (Å²) in [6.45, 7) is 1.93. The van der Waals surface area contributed by atoms with E-state index in [4.69, 9.17) is 5.11 Å². The van der Waals surface area contributed by atoms with E-state index in [9.17, 15) is 4.79 Å². The SMILES string of the molecule is Cc1cnc(-c2ccc(Br)n2C(=O)O)s1. The molecule has 15 heavy (non-hydrogen) atoms. The number of hydrogen-bond acceptors (Lipinski definition) is 3. The molecule has 0 saturated carbocycles. The summed E-state index contributed by atoms with van der Waals surface area (Å²) >= 11 is 4.65. The van der Waals surface area contributed by atoms with Gasteiger partial charge >= 0.3 is 6.09 Å². The van der Waals surface area contributed by atoms with E-state index >= 15 is 0 Å². The first-order valence-electron chi connectivity index (χ1n) is 4.13. The standard InChI is InChI=1S/C9H7BrN2O2S/c1-5-4-11-8(15-5)6-2-3-7(10)12(6)9(13)14/h2-4H,1H3,(H,13,14). The van der Waals surface area contributed by atoms with Gasteiger partial charge in [0.2, 0.25) is 0 Å². The molecule has 1 N–H and O–H groups in total. The van der Waals surface area contributed by atoms with E-state index in [1.54, 1.807) is 18.3 Å². The lowest BCUT2D eigenvalue weighted by molar-refractivity contribution is 0.196. The molecule has 2 aromatic rings. The zero-order valence-electron chi connectivity index (χ0n) is 7.77. The Kier molecular flexibility index (Phi) is 2.62. The zero-order valence-corrected chi connectivity index (χ0v) is 10.2. The number of aryl methyl sites for hydroxylation is 1. The lowest BCUT2D eigenvalue weighted by Gasteiger charge is -2.01. The summed E-state index contributed by atoms with van der Waals surface area (Å²) < 4.78 is 1.68. The summed E-state index contributed by atoms with van der Waals surface area (Å²) in [5, 5.41) is 9.72. The number of nitrogens with zero attached hydrogens (tertiary/aromatic N) is 2. The molecule has 0 saturated heterocycles. The van der Waals surface area contributed by atoms with Crippen LogP contribution in [0.1, 0.15) is 4.88 Å². The molecular formula is C9H7BrN2O2S. The van der Waals surface area contributed by atoms with E-state index < -0.39 is 6.09 Å². The fraction of sp³-hybridized carbons (Fsp3) is 0.111. The summed E-state index contributed by atoms with van der Waals surface area (Å²) in [5.74, 6) is 0. The maximum Gasteiger partial charge on any atom is 0.417 e. The first-order valence-corrected chi connectivity index (χ1v) is 5.74. The van der Waals surface area contributed by atoms with Crippen molar-refractivity contribution in [1.82, 2.24) is 9.55 Å². The van der Waals surface area contributed by atoms with Gasteiger partial charge in [-0.25, -0.2) is 14.3 Å². The van der Waals surface area contributed by atoms with Gasteiger partial charge in [-0.15, -0.1) is 11.3 Å². The molecule has 2 heterocycles. The van der Waals surface area contributed by atoms with Crippen molar-refractivity contribution in [2.24, 2.45) is 0 Å². The lowest BCUT2D eigenvalue weighted by Crippen LogP contribution is -2.09. The number of thiazole rings is 1. The Morgan fingerprint density at radius 2 is 2.33 bits per heavy atom. The Labute approximate surface area is 98.3 Å². The molecule has 4 nitrogen and oxygen atoms in total. The van der Waals surface area contributed by atoms with Crippen LogP contribution in [0.5, 0.6) is 0 Å². The fourth-order valence-corrected chi connectivity index (χ4v) is 2.50. The van der Waals surface area contributed by atoms with E-state index in [1.807, 2.05) is 6.92 Å². The van der Waals surface area contributed by atoms with E-state index in [1.165, 1.54) is 11.3 Å². The average Bonchev–Trinajstić information content (AvgIpc) is 2.71. The van der Waals surface area contributed by atoms with Crippen LogP contribution in [0.15, 0.2) is 22.9 Å². The molecule has 0 atom stereocenters. The minimum Gasteiger partial charge on any atom is -0.464 e. The van der Waals surface area contributed by atoms with E-state index in [-0.39, 0.29) is 0 Å². The van der Waals surface area contributed by atoms with Crippen LogP contribution >= 0.6 is 27.3 Å². The topological polar surface area (TPSA) is 55.1 Å². The van der Waals surface area contributed by atoms with Crippen LogP contribution in [-0.4, -0.2) is 20.8 Å². The van der Waals surface area contributed by atoms with E-state index in [0.29, 0.717) is 15.3 Å². The van der Waals surface area contributed by atoms with Gasteiger partial charge in [0, 0.05) is 11.1 Å². The highest BCUT2D eigenvalue weighted by atomic mass is 79.9. The molecule has 0 bridgehead atoms. The van der Waals surface area contributed by atoms with Crippen LogP contribution in [0.4, 0.5) is 4.79 Å². The van der Waals surface area contributed by atoms with Crippen molar-refractivity contribution in [3.8, 4) is 10.7 Å². The second kappa shape index (κ2) is 3.79. The first-order chi connectivity index (χ1) is 7.09. The second-order valence-corrected chi connectivity index (χ2v) is 4.98. The quantitative estimate of drug-likeness (QED) is 0.876. The van der Waals surface area contributed by atoms with Gasteiger partial charge in [-0.1, -0.05) is 0 Å². The monoisotopic (exact) mass is 286 g/mol. The van der Waals surface area contributed by atoms with Crippen molar-refractivity contribution in [2.45, 2.75) is 6.92 Å². The van der Waals surface area contributed by atoms with Crippen LogP contribution in [-0.2, 0) is 0 Å². The number of rotatable bonds is 1. The highest BCUT2D eigenvalue weighted by molar-refractivity contribution is 9.10. The molecular weight excluding hydrogens is 280 g/mol. The van der Waals surface area contributed by atoms with Gasteiger partial charge in [0.15, 0.2) is 0 Å². The molecule has 0 aliphatic rings. The predicted octanol–water partition coefficient (Wildman–Crippen LogP) is 3.21. The minimum atomic E-state index is -1.02. The molecule has 0 spiro atoms. The molecule has 0 aromatic carbocycles. The third-order valence-corrected chi connectivity index (χ3v) is 3.42. The largest absolute Gasteiger partial charge is 0.464 e. The number of carboxylic acid groups (broad SMARTS) is 1. The van der Waals surface area contributed by atoms with Gasteiger partial charge in [-0.05, 0) is 35.0 Å². The highest BCUT2D eigenvalue weighted by Gasteiger charge is 2.15. The smallest absolute Gasteiger partial charge is 0.417 e. The Balaban J connectivity index is 2.58. The minimum absolute atomic E-state index is 0.512. The Morgan fingerprint density at radius 1 is 1.60 bits per heavy atom. The summed E-state index contributed by atoms with van der Waals surface area (Å²) in [4.78, 5) is 16.2. The van der Waals surface area contributed by atoms with Crippen molar-refractivity contribution >= 4 is 33.4 Å². The van der Waals surface area contributed by atoms with Crippen LogP contribution in [0.25, 0.3) is 10.7 Å². The van der Waals surface area contributed by atoms with Gasteiger partial charge in [0.1, 0.15) is 5.01 Å². The molecule has 6 heteroatoms. The van der Waals surface area contributed by atoms with Gasteiger partial charge in [-0.2, -0.15) is 0 Å². The molecule has 0 amide bonds. The summed E-state index contributed by atoms with van der Waals surface area (Å²) in [7, 11) is 0. The molecule has 0 fully saturated rings. The van der Waals surface area contributed by atoms with Gasteiger partial charge in [0.05, 0.1) is 10.3 Å². The van der Waals surface area contributed by atoms with E-state index in [2.05, 4.69) is 20.9 Å². The average molecular weight is 287 g/mol. The first kappa shape index (κ1) is 10.4. The van der Waals surface area contributed by atoms with Crippen molar-refractivity contribution in [2.75, 3.05) is 0 Å². The molecule has 2 rings (SSSR count). The van der Waals surface area contributed by atoms with Gasteiger partial charge in [-0.3, -0.25) is 0 Å². The molecule has 78 valence electrons. The molecule has 2 aromatic heterocycles. The summed E-state index contributed by atoms with van der Waals surface area (Å²) in [5.41, 5.74) is 0.590. The normalized spacial score (nSPS) is 10.5. The Bertz CT molecular complexity index is 518. The van der Waals surface area contributed by atoms with Crippen molar-refractivity contribution in [3.63, 3.8) is 0 Å². The fourth-order valence-electron chi connectivity index (χ4n) is 1.25. The van der Waals surface area contributed by atoms with Crippen molar-refractivity contribution < 1.29 is 9.90 Å². The third-order valence-electron chi connectivity index (χ3n) is 1.86.